The third-order valence-corrected chi connectivity index (χ3v) is 5.81. The number of H-pyrrole nitrogens is 1. The third-order valence-electron chi connectivity index (χ3n) is 5.81. The van der Waals surface area contributed by atoms with Gasteiger partial charge in [0.05, 0.1) is 25.2 Å². The molecule has 2 aromatic rings. The molecular weight excluding hydrogens is 410 g/mol. The highest BCUT2D eigenvalue weighted by atomic mass is 16.5. The molecule has 8 nitrogen and oxygen atoms in total. The van der Waals surface area contributed by atoms with Crippen LogP contribution >= 0.6 is 0 Å². The molecule has 1 fully saturated rings. The Morgan fingerprint density at radius 3 is 2.75 bits per heavy atom. The summed E-state index contributed by atoms with van der Waals surface area (Å²) >= 11 is 0. The van der Waals surface area contributed by atoms with Crippen molar-refractivity contribution in [2.45, 2.75) is 40.2 Å². The summed E-state index contributed by atoms with van der Waals surface area (Å²) in [7, 11) is 1.61. The topological polar surface area (TPSA) is 101 Å². The molecule has 0 unspecified atom stereocenters. The largest absolute Gasteiger partial charge is 0.497 e. The Morgan fingerprint density at radius 1 is 1.25 bits per heavy atom. The molecule has 0 radical (unpaired) electrons. The molecule has 0 bridgehead atoms. The number of carbonyl (C=O) groups excluding carboxylic acids is 3. The van der Waals surface area contributed by atoms with Crippen molar-refractivity contribution in [1.29, 1.82) is 0 Å². The van der Waals surface area contributed by atoms with E-state index < -0.39 is 5.97 Å². The summed E-state index contributed by atoms with van der Waals surface area (Å²) in [5.41, 5.74) is 2.91. The zero-order valence-electron chi connectivity index (χ0n) is 19.1. The normalized spacial score (nSPS) is 15.9. The van der Waals surface area contributed by atoms with Gasteiger partial charge in [-0.3, -0.25) is 9.59 Å². The molecule has 1 aliphatic heterocycles. The molecule has 32 heavy (non-hydrogen) atoms. The zero-order chi connectivity index (χ0) is 23.3. The monoisotopic (exact) mass is 441 g/mol. The second-order valence-electron chi connectivity index (χ2n) is 8.01. The number of hydrogen-bond acceptors (Lipinski definition) is 5. The van der Waals surface area contributed by atoms with E-state index in [9.17, 15) is 14.4 Å². The van der Waals surface area contributed by atoms with Crippen LogP contribution in [0.2, 0.25) is 0 Å². The van der Waals surface area contributed by atoms with Crippen LogP contribution < -0.4 is 10.1 Å². The summed E-state index contributed by atoms with van der Waals surface area (Å²) in [4.78, 5) is 42.9. The number of hydrogen-bond donors (Lipinski definition) is 2. The van der Waals surface area contributed by atoms with Crippen LogP contribution in [0.25, 0.3) is 0 Å². The van der Waals surface area contributed by atoms with E-state index in [2.05, 4.69) is 10.3 Å². The van der Waals surface area contributed by atoms with Gasteiger partial charge in [-0.2, -0.15) is 0 Å². The highest BCUT2D eigenvalue weighted by molar-refractivity contribution is 6.00. The van der Waals surface area contributed by atoms with E-state index in [1.54, 1.807) is 32.8 Å². The molecule has 0 spiro atoms. The van der Waals surface area contributed by atoms with Gasteiger partial charge in [-0.15, -0.1) is 0 Å². The molecule has 1 aromatic heterocycles. The molecule has 8 heteroatoms. The summed E-state index contributed by atoms with van der Waals surface area (Å²) < 4.78 is 10.3. The highest BCUT2D eigenvalue weighted by Crippen LogP contribution is 2.24. The van der Waals surface area contributed by atoms with Gasteiger partial charge in [-0.1, -0.05) is 12.1 Å². The Bertz CT molecular complexity index is 998. The predicted octanol–water partition coefficient (Wildman–Crippen LogP) is 2.99. The lowest BCUT2D eigenvalue weighted by Gasteiger charge is -2.32. The summed E-state index contributed by atoms with van der Waals surface area (Å²) in [5.74, 6) is -0.251. The average molecular weight is 442 g/mol. The van der Waals surface area contributed by atoms with Gasteiger partial charge in [-0.05, 0) is 56.9 Å². The first-order valence-electron chi connectivity index (χ1n) is 10.9. The second-order valence-corrected chi connectivity index (χ2v) is 8.01. The van der Waals surface area contributed by atoms with Crippen LogP contribution in [0.15, 0.2) is 24.3 Å². The van der Waals surface area contributed by atoms with Gasteiger partial charge in [0.25, 0.3) is 5.91 Å². The fourth-order valence-corrected chi connectivity index (χ4v) is 4.12. The summed E-state index contributed by atoms with van der Waals surface area (Å²) in [6.07, 6.45) is 1.47. The van der Waals surface area contributed by atoms with E-state index in [1.807, 2.05) is 24.3 Å². The first-order chi connectivity index (χ1) is 15.3. The number of nitrogens with one attached hydrogen (secondary N) is 2. The number of piperidine rings is 1. The first-order valence-corrected chi connectivity index (χ1v) is 10.9. The van der Waals surface area contributed by atoms with Crippen LogP contribution in [0.3, 0.4) is 0 Å². The SMILES string of the molecule is CCOC(=O)c1c(C)[nH]c(C(=O)N2CCC[C@H](C(=O)NCc3cccc(OC)c3)C2)c1C. The minimum Gasteiger partial charge on any atom is -0.497 e. The fraction of sp³-hybridized carbons (Fsp3) is 0.458. The molecule has 2 heterocycles. The molecule has 0 saturated carbocycles. The number of methoxy groups -OCH3 is 1. The number of esters is 1. The van der Waals surface area contributed by atoms with Crippen molar-refractivity contribution < 1.29 is 23.9 Å². The van der Waals surface area contributed by atoms with E-state index in [0.717, 1.165) is 24.2 Å². The van der Waals surface area contributed by atoms with Gasteiger partial charge in [0, 0.05) is 25.3 Å². The molecule has 1 aromatic carbocycles. The molecule has 1 saturated heterocycles. The number of aryl methyl sites for hydroxylation is 1. The number of rotatable bonds is 7. The second kappa shape index (κ2) is 10.3. The number of amides is 2. The molecular formula is C24H31N3O5. The van der Waals surface area contributed by atoms with Crippen LogP contribution in [0.1, 0.15) is 57.4 Å². The number of ether oxygens (including phenoxy) is 2. The van der Waals surface area contributed by atoms with Crippen molar-refractivity contribution in [3.8, 4) is 5.75 Å². The Balaban J connectivity index is 1.65. The standard InChI is InChI=1S/C24H31N3O5/c1-5-32-24(30)20-15(2)21(26-16(20)3)23(29)27-11-7-9-18(14-27)22(28)25-13-17-8-6-10-19(12-17)31-4/h6,8,10,12,18,26H,5,7,9,11,13-14H2,1-4H3,(H,25,28)/t18-/m0/s1. The number of nitrogens with zero attached hydrogens (tertiary/aromatic N) is 1. The Hall–Kier alpha value is -3.29. The Labute approximate surface area is 188 Å². The number of benzene rings is 1. The molecule has 172 valence electrons. The first kappa shape index (κ1) is 23.4. The van der Waals surface area contributed by atoms with Gasteiger partial charge in [0.15, 0.2) is 0 Å². The van der Waals surface area contributed by atoms with Crippen molar-refractivity contribution in [3.63, 3.8) is 0 Å². The zero-order valence-corrected chi connectivity index (χ0v) is 19.1. The van der Waals surface area contributed by atoms with Crippen molar-refractivity contribution in [2.24, 2.45) is 5.92 Å². The van der Waals surface area contributed by atoms with E-state index in [4.69, 9.17) is 9.47 Å². The van der Waals surface area contributed by atoms with Crippen LogP contribution in [-0.2, 0) is 16.1 Å². The minimum atomic E-state index is -0.439. The van der Waals surface area contributed by atoms with E-state index in [-0.39, 0.29) is 24.3 Å². The van der Waals surface area contributed by atoms with Gasteiger partial charge >= 0.3 is 5.97 Å². The summed E-state index contributed by atoms with van der Waals surface area (Å²) in [6.45, 7) is 6.82. The highest BCUT2D eigenvalue weighted by Gasteiger charge is 2.31. The lowest BCUT2D eigenvalue weighted by atomic mass is 9.96. The lowest BCUT2D eigenvalue weighted by Crippen LogP contribution is -2.45. The van der Waals surface area contributed by atoms with Crippen molar-refractivity contribution in [3.05, 3.63) is 52.3 Å². The van der Waals surface area contributed by atoms with Gasteiger partial charge in [-0.25, -0.2) is 4.79 Å². The Morgan fingerprint density at radius 2 is 2.03 bits per heavy atom. The van der Waals surface area contributed by atoms with E-state index >= 15 is 0 Å². The average Bonchev–Trinajstić information content (AvgIpc) is 3.11. The van der Waals surface area contributed by atoms with Crippen LogP contribution in [-0.4, -0.2) is 54.5 Å². The van der Waals surface area contributed by atoms with Crippen LogP contribution in [0.5, 0.6) is 5.75 Å². The van der Waals surface area contributed by atoms with Crippen molar-refractivity contribution >= 4 is 17.8 Å². The molecule has 0 aliphatic carbocycles. The van der Waals surface area contributed by atoms with Gasteiger partial charge in [0.1, 0.15) is 11.4 Å². The number of carbonyl (C=O) groups is 3. The Kier molecular flexibility index (Phi) is 7.56. The van der Waals surface area contributed by atoms with Crippen LogP contribution in [0.4, 0.5) is 0 Å². The molecule has 1 atom stereocenters. The smallest absolute Gasteiger partial charge is 0.340 e. The van der Waals surface area contributed by atoms with Crippen molar-refractivity contribution in [1.82, 2.24) is 15.2 Å². The third kappa shape index (κ3) is 5.12. The summed E-state index contributed by atoms with van der Waals surface area (Å²) in [5, 5.41) is 2.97. The van der Waals surface area contributed by atoms with Crippen molar-refractivity contribution in [2.75, 3.05) is 26.8 Å². The molecule has 2 amide bonds. The van der Waals surface area contributed by atoms with Gasteiger partial charge in [0.2, 0.25) is 5.91 Å². The number of aromatic amines is 1. The maximum atomic E-state index is 13.2. The van der Waals surface area contributed by atoms with Gasteiger partial charge < -0.3 is 24.7 Å². The quantitative estimate of drug-likeness (QED) is 0.644. The van der Waals surface area contributed by atoms with E-state index in [1.165, 1.54) is 0 Å². The minimum absolute atomic E-state index is 0.0723. The fourth-order valence-electron chi connectivity index (χ4n) is 4.12. The lowest BCUT2D eigenvalue weighted by molar-refractivity contribution is -0.126. The summed E-state index contributed by atoms with van der Waals surface area (Å²) in [6, 6.07) is 7.55. The van der Waals surface area contributed by atoms with E-state index in [0.29, 0.717) is 42.1 Å². The predicted molar refractivity (Wildman–Crippen MR) is 120 cm³/mol. The number of aromatic nitrogens is 1. The maximum Gasteiger partial charge on any atom is 0.340 e. The maximum absolute atomic E-state index is 13.2. The molecule has 2 N–H and O–H groups in total. The van der Waals surface area contributed by atoms with Crippen LogP contribution in [0, 0.1) is 19.8 Å². The number of likely N-dealkylation sites (tertiary alicyclic amines) is 1. The molecule has 3 rings (SSSR count). The molecule has 1 aliphatic rings.